The Morgan fingerprint density at radius 1 is 1.19 bits per heavy atom. The smallest absolute Gasteiger partial charge is 0.166 e. The van der Waals surface area contributed by atoms with Crippen LogP contribution in [0.5, 0.6) is 0 Å². The summed E-state index contributed by atoms with van der Waals surface area (Å²) in [4.78, 5) is 19.4. The van der Waals surface area contributed by atoms with Crippen LogP contribution >= 0.6 is 11.6 Å². The van der Waals surface area contributed by atoms with E-state index in [1.54, 1.807) is 0 Å². The van der Waals surface area contributed by atoms with Crippen molar-refractivity contribution in [2.45, 2.75) is 38.5 Å². The van der Waals surface area contributed by atoms with Gasteiger partial charge >= 0.3 is 0 Å². The first-order valence-corrected chi connectivity index (χ1v) is 9.91. The van der Waals surface area contributed by atoms with Crippen LogP contribution in [0.25, 0.3) is 0 Å². The van der Waals surface area contributed by atoms with Crippen LogP contribution in [0.1, 0.15) is 59.3 Å². The minimum absolute atomic E-state index is 0.00656. The van der Waals surface area contributed by atoms with Gasteiger partial charge in [-0.25, -0.2) is 4.98 Å². The monoisotopic (exact) mass is 379 g/mol. The highest BCUT2D eigenvalue weighted by molar-refractivity contribution is 6.35. The van der Waals surface area contributed by atoms with Crippen molar-refractivity contribution in [1.29, 1.82) is 5.26 Å². The van der Waals surface area contributed by atoms with Crippen LogP contribution in [0.15, 0.2) is 30.3 Å². The number of carbonyl (C=O) groups is 1. The summed E-state index contributed by atoms with van der Waals surface area (Å²) in [5.41, 5.74) is 2.93. The molecule has 1 fully saturated rings. The number of nitriles is 1. The summed E-state index contributed by atoms with van der Waals surface area (Å²) in [6.07, 6.45) is 3.24. The minimum Gasteiger partial charge on any atom is -0.355 e. The number of nitrogens with zero attached hydrogens (tertiary/aromatic N) is 3. The summed E-state index contributed by atoms with van der Waals surface area (Å²) in [6.45, 7) is 3.72. The SMILES string of the molecule is CC1CC(=O)c2c(nc(N3CCC(c4ccccc4)CC3)c(C#N)c2Cl)C1. The van der Waals surface area contributed by atoms with E-state index in [1.165, 1.54) is 5.56 Å². The van der Waals surface area contributed by atoms with Crippen LogP contribution < -0.4 is 4.90 Å². The third-order valence-corrected chi connectivity index (χ3v) is 6.10. The number of halogens is 1. The van der Waals surface area contributed by atoms with Gasteiger partial charge in [0.1, 0.15) is 17.5 Å². The normalized spacial score (nSPS) is 20.3. The van der Waals surface area contributed by atoms with E-state index in [1.807, 2.05) is 6.07 Å². The topological polar surface area (TPSA) is 57.0 Å². The zero-order chi connectivity index (χ0) is 19.0. The second kappa shape index (κ2) is 7.32. The fraction of sp³-hybridized carbons (Fsp3) is 0.409. The molecule has 4 nitrogen and oxygen atoms in total. The number of carbonyl (C=O) groups excluding carboxylic acids is 1. The lowest BCUT2D eigenvalue weighted by Gasteiger charge is -2.34. The number of Topliss-reactive ketones (excluding diaryl/α,β-unsaturated/α-hetero) is 1. The highest BCUT2D eigenvalue weighted by atomic mass is 35.5. The van der Waals surface area contributed by atoms with Crippen molar-refractivity contribution >= 4 is 23.2 Å². The molecule has 0 amide bonds. The van der Waals surface area contributed by atoms with Gasteiger partial charge in [-0.1, -0.05) is 48.9 Å². The van der Waals surface area contributed by atoms with E-state index in [0.29, 0.717) is 34.3 Å². The molecule has 1 aliphatic heterocycles. The first-order valence-electron chi connectivity index (χ1n) is 9.54. The molecular formula is C22H22ClN3O. The standard InChI is InChI=1S/C22H22ClN3O/c1-14-11-18-20(19(27)12-14)21(23)17(13-24)22(25-18)26-9-7-16(8-10-26)15-5-3-2-4-6-15/h2-6,14,16H,7-12H2,1H3. The van der Waals surface area contributed by atoms with Crippen LogP contribution in [-0.4, -0.2) is 23.9 Å². The van der Waals surface area contributed by atoms with E-state index in [0.717, 1.165) is 38.0 Å². The summed E-state index contributed by atoms with van der Waals surface area (Å²) >= 11 is 6.51. The molecule has 4 rings (SSSR count). The number of piperidine rings is 1. The van der Waals surface area contributed by atoms with Crippen molar-refractivity contribution in [3.05, 3.63) is 57.7 Å². The third-order valence-electron chi connectivity index (χ3n) is 5.72. The molecule has 1 aromatic heterocycles. The number of aromatic nitrogens is 1. The Kier molecular flexibility index (Phi) is 4.88. The average molecular weight is 380 g/mol. The zero-order valence-electron chi connectivity index (χ0n) is 15.4. The Morgan fingerprint density at radius 3 is 2.56 bits per heavy atom. The van der Waals surface area contributed by atoms with E-state index < -0.39 is 0 Å². The Hall–Kier alpha value is -2.38. The maximum Gasteiger partial charge on any atom is 0.166 e. The van der Waals surface area contributed by atoms with Crippen molar-refractivity contribution in [2.75, 3.05) is 18.0 Å². The highest BCUT2D eigenvalue weighted by Gasteiger charge is 2.31. The number of rotatable bonds is 2. The number of benzene rings is 1. The summed E-state index contributed by atoms with van der Waals surface area (Å²) in [7, 11) is 0. The number of ketones is 1. The third kappa shape index (κ3) is 3.33. The second-order valence-corrected chi connectivity index (χ2v) is 8.04. The van der Waals surface area contributed by atoms with Crippen molar-refractivity contribution in [1.82, 2.24) is 4.98 Å². The average Bonchev–Trinajstić information content (AvgIpc) is 2.68. The molecule has 0 bridgehead atoms. The minimum atomic E-state index is 0.00656. The van der Waals surface area contributed by atoms with E-state index in [4.69, 9.17) is 16.6 Å². The Morgan fingerprint density at radius 2 is 1.89 bits per heavy atom. The van der Waals surface area contributed by atoms with Crippen molar-refractivity contribution in [3.8, 4) is 6.07 Å². The van der Waals surface area contributed by atoms with Gasteiger partial charge < -0.3 is 4.90 Å². The fourth-order valence-corrected chi connectivity index (χ4v) is 4.66. The van der Waals surface area contributed by atoms with Crippen molar-refractivity contribution in [2.24, 2.45) is 5.92 Å². The predicted octanol–water partition coefficient (Wildman–Crippen LogP) is 4.76. The van der Waals surface area contributed by atoms with Gasteiger partial charge in [0.2, 0.25) is 0 Å². The molecule has 1 atom stereocenters. The number of hydrogen-bond donors (Lipinski definition) is 0. The van der Waals surface area contributed by atoms with Gasteiger partial charge in [0.15, 0.2) is 5.78 Å². The first-order chi connectivity index (χ1) is 13.1. The molecule has 1 aromatic carbocycles. The van der Waals surface area contributed by atoms with E-state index in [-0.39, 0.29) is 11.7 Å². The number of fused-ring (bicyclic) bond motifs is 1. The molecule has 2 aromatic rings. The molecule has 0 spiro atoms. The van der Waals surface area contributed by atoms with E-state index >= 15 is 0 Å². The molecule has 5 heteroatoms. The van der Waals surface area contributed by atoms with Gasteiger partial charge in [0.25, 0.3) is 0 Å². The van der Waals surface area contributed by atoms with Gasteiger partial charge in [-0.3, -0.25) is 4.79 Å². The van der Waals surface area contributed by atoms with Crippen molar-refractivity contribution < 1.29 is 4.79 Å². The summed E-state index contributed by atoms with van der Waals surface area (Å²) in [5.74, 6) is 1.45. The van der Waals surface area contributed by atoms with Crippen LogP contribution in [-0.2, 0) is 6.42 Å². The number of hydrogen-bond acceptors (Lipinski definition) is 4. The maximum absolute atomic E-state index is 12.4. The van der Waals surface area contributed by atoms with Crippen LogP contribution in [0.4, 0.5) is 5.82 Å². The molecule has 0 N–H and O–H groups in total. The van der Waals surface area contributed by atoms with Crippen LogP contribution in [0.2, 0.25) is 5.02 Å². The molecule has 0 saturated carbocycles. The Labute approximate surface area is 164 Å². The first kappa shape index (κ1) is 18.0. The largest absolute Gasteiger partial charge is 0.355 e. The van der Waals surface area contributed by atoms with Gasteiger partial charge in [-0.05, 0) is 36.7 Å². The summed E-state index contributed by atoms with van der Waals surface area (Å²) in [5, 5.41) is 9.98. The molecule has 1 aliphatic carbocycles. The quantitative estimate of drug-likeness (QED) is 0.755. The number of pyridine rings is 1. The number of anilines is 1. The van der Waals surface area contributed by atoms with Gasteiger partial charge in [-0.15, -0.1) is 0 Å². The van der Waals surface area contributed by atoms with Crippen LogP contribution in [0.3, 0.4) is 0 Å². The molecule has 138 valence electrons. The Bertz CT molecular complexity index is 911. The maximum atomic E-state index is 12.4. The van der Waals surface area contributed by atoms with E-state index in [9.17, 15) is 10.1 Å². The molecule has 2 heterocycles. The molecule has 27 heavy (non-hydrogen) atoms. The summed E-state index contributed by atoms with van der Waals surface area (Å²) in [6, 6.07) is 12.8. The van der Waals surface area contributed by atoms with Gasteiger partial charge in [0, 0.05) is 19.5 Å². The molecule has 1 unspecified atom stereocenters. The molecule has 2 aliphatic rings. The van der Waals surface area contributed by atoms with Crippen LogP contribution in [0, 0.1) is 17.2 Å². The Balaban J connectivity index is 1.63. The lowest BCUT2D eigenvalue weighted by Crippen LogP contribution is -2.35. The van der Waals surface area contributed by atoms with Gasteiger partial charge in [0.05, 0.1) is 16.3 Å². The highest BCUT2D eigenvalue weighted by Crippen LogP contribution is 2.38. The fourth-order valence-electron chi connectivity index (χ4n) is 4.32. The van der Waals surface area contributed by atoms with Crippen molar-refractivity contribution in [3.63, 3.8) is 0 Å². The summed E-state index contributed by atoms with van der Waals surface area (Å²) < 4.78 is 0. The lowest BCUT2D eigenvalue weighted by molar-refractivity contribution is 0.0952. The molecule has 1 saturated heterocycles. The van der Waals surface area contributed by atoms with Gasteiger partial charge in [-0.2, -0.15) is 5.26 Å². The second-order valence-electron chi connectivity index (χ2n) is 7.67. The zero-order valence-corrected chi connectivity index (χ0v) is 16.2. The van der Waals surface area contributed by atoms with E-state index in [2.05, 4.69) is 42.2 Å². The molecular weight excluding hydrogens is 358 g/mol. The lowest BCUT2D eigenvalue weighted by atomic mass is 9.86. The predicted molar refractivity (Wildman–Crippen MR) is 106 cm³/mol. The molecule has 0 radical (unpaired) electrons.